The predicted molar refractivity (Wildman–Crippen MR) is 121 cm³/mol. The van der Waals surface area contributed by atoms with Crippen LogP contribution in [0, 0.1) is 0 Å². The molecule has 0 atom stereocenters. The van der Waals surface area contributed by atoms with E-state index in [0.717, 1.165) is 35.4 Å². The van der Waals surface area contributed by atoms with E-state index in [0.29, 0.717) is 25.9 Å². The van der Waals surface area contributed by atoms with Crippen molar-refractivity contribution in [3.05, 3.63) is 71.4 Å². The maximum atomic E-state index is 12.4. The number of hydrogen-bond donors (Lipinski definition) is 2. The molecule has 4 rings (SSSR count). The zero-order chi connectivity index (χ0) is 23.4. The largest absolute Gasteiger partial charge is 0.368 e. The maximum absolute atomic E-state index is 12.4. The number of benzene rings is 1. The van der Waals surface area contributed by atoms with Crippen LogP contribution in [0.15, 0.2) is 58.1 Å². The fourth-order valence-corrected chi connectivity index (χ4v) is 4.21. The Kier molecular flexibility index (Phi) is 6.52. The van der Waals surface area contributed by atoms with Gasteiger partial charge in [0.1, 0.15) is 0 Å². The Hall–Kier alpha value is -3.57. The summed E-state index contributed by atoms with van der Waals surface area (Å²) in [7, 11) is -3.69. The van der Waals surface area contributed by atoms with Crippen molar-refractivity contribution in [1.82, 2.24) is 20.0 Å². The molecule has 10 nitrogen and oxygen atoms in total. The van der Waals surface area contributed by atoms with Gasteiger partial charge >= 0.3 is 0 Å². The van der Waals surface area contributed by atoms with Crippen LogP contribution in [0.25, 0.3) is 5.57 Å². The second kappa shape index (κ2) is 9.51. The molecular weight excluding hydrogens is 444 g/mol. The third-order valence-corrected chi connectivity index (χ3v) is 6.35. The summed E-state index contributed by atoms with van der Waals surface area (Å²) < 4.78 is 27.7. The average molecular weight is 469 g/mol. The molecule has 3 aromatic rings. The molecule has 1 aromatic carbocycles. The first-order valence-electron chi connectivity index (χ1n) is 10.4. The van der Waals surface area contributed by atoms with Crippen molar-refractivity contribution in [2.75, 3.05) is 18.8 Å². The monoisotopic (exact) mass is 468 g/mol. The number of hydrogen-bond acceptors (Lipinski definition) is 8. The fourth-order valence-electron chi connectivity index (χ4n) is 3.70. The third kappa shape index (κ3) is 5.62. The molecule has 0 aliphatic carbocycles. The number of primary sulfonamides is 1. The lowest BCUT2D eigenvalue weighted by atomic mass is 10.0. The molecule has 1 aliphatic rings. The molecule has 0 unspecified atom stereocenters. The van der Waals surface area contributed by atoms with Crippen molar-refractivity contribution in [2.24, 2.45) is 5.14 Å². The van der Waals surface area contributed by atoms with Gasteiger partial charge in [-0.1, -0.05) is 23.4 Å². The van der Waals surface area contributed by atoms with Crippen LogP contribution in [0.5, 0.6) is 0 Å². The van der Waals surface area contributed by atoms with Crippen LogP contribution in [-0.2, 0) is 22.9 Å². The first kappa shape index (κ1) is 22.6. The van der Waals surface area contributed by atoms with Gasteiger partial charge in [-0.25, -0.2) is 23.5 Å². The molecule has 1 aliphatic heterocycles. The highest BCUT2D eigenvalue weighted by Crippen LogP contribution is 2.23. The van der Waals surface area contributed by atoms with Crippen molar-refractivity contribution in [1.29, 1.82) is 0 Å². The topological polar surface area (TPSA) is 158 Å². The second-order valence-corrected chi connectivity index (χ2v) is 9.31. The minimum Gasteiger partial charge on any atom is -0.368 e. The fraction of sp³-hybridized carbons (Fsp3) is 0.273. The summed E-state index contributed by atoms with van der Waals surface area (Å²) in [4.78, 5) is 22.9. The minimum absolute atomic E-state index is 0.0984. The summed E-state index contributed by atoms with van der Waals surface area (Å²) in [6.45, 7) is 0.988. The van der Waals surface area contributed by atoms with E-state index in [9.17, 15) is 13.2 Å². The SMILES string of the molecule is Nc1nc(CCCc2ccc(S(N)(=O)=O)cc2)cc(C2=CCN(C(=O)c3ccno3)CC2)n1. The van der Waals surface area contributed by atoms with Crippen molar-refractivity contribution >= 4 is 27.5 Å². The minimum atomic E-state index is -3.69. The standard InChI is InChI=1S/C22H24N6O4S/c23-22-26-17(3-1-2-15-4-6-18(7-5-15)33(24,30)31)14-19(27-22)16-9-12-28(13-10-16)21(29)20-8-11-25-32-20/h4-9,11,14H,1-3,10,12-13H2,(H2,23,26,27)(H2,24,30,31). The van der Waals surface area contributed by atoms with Crippen LogP contribution in [0.4, 0.5) is 5.95 Å². The van der Waals surface area contributed by atoms with E-state index < -0.39 is 10.0 Å². The molecule has 1 amide bonds. The number of carbonyl (C=O) groups is 1. The summed E-state index contributed by atoms with van der Waals surface area (Å²) in [5.41, 5.74) is 9.57. The van der Waals surface area contributed by atoms with Crippen LogP contribution < -0.4 is 10.9 Å². The molecule has 0 spiro atoms. The zero-order valence-corrected chi connectivity index (χ0v) is 18.7. The molecule has 0 radical (unpaired) electrons. The van der Waals surface area contributed by atoms with Crippen LogP contribution in [0.2, 0.25) is 0 Å². The Morgan fingerprint density at radius 2 is 1.91 bits per heavy atom. The summed E-state index contributed by atoms with van der Waals surface area (Å²) >= 11 is 0. The van der Waals surface area contributed by atoms with Crippen LogP contribution in [0.3, 0.4) is 0 Å². The van der Waals surface area contributed by atoms with Crippen molar-refractivity contribution in [3.8, 4) is 0 Å². The summed E-state index contributed by atoms with van der Waals surface area (Å²) in [6.07, 6.45) is 6.32. The molecule has 3 heterocycles. The quantitative estimate of drug-likeness (QED) is 0.531. The first-order chi connectivity index (χ1) is 15.8. The molecule has 2 aromatic heterocycles. The van der Waals surface area contributed by atoms with Gasteiger partial charge in [-0.15, -0.1) is 0 Å². The number of aryl methyl sites for hydroxylation is 2. The molecule has 0 saturated heterocycles. The average Bonchev–Trinajstić information content (AvgIpc) is 3.33. The van der Waals surface area contributed by atoms with Gasteiger partial charge in [-0.05, 0) is 55.0 Å². The van der Waals surface area contributed by atoms with Crippen molar-refractivity contribution in [2.45, 2.75) is 30.6 Å². The third-order valence-electron chi connectivity index (χ3n) is 5.42. The molecule has 11 heteroatoms. The highest BCUT2D eigenvalue weighted by molar-refractivity contribution is 7.89. The van der Waals surface area contributed by atoms with E-state index in [1.165, 1.54) is 18.3 Å². The normalized spacial score (nSPS) is 14.2. The highest BCUT2D eigenvalue weighted by Gasteiger charge is 2.22. The van der Waals surface area contributed by atoms with Gasteiger partial charge < -0.3 is 15.2 Å². The Morgan fingerprint density at radius 1 is 1.12 bits per heavy atom. The zero-order valence-electron chi connectivity index (χ0n) is 17.8. The molecular formula is C22H24N6O4S. The Morgan fingerprint density at radius 3 is 2.55 bits per heavy atom. The molecule has 4 N–H and O–H groups in total. The first-order valence-corrected chi connectivity index (χ1v) is 12.0. The number of aromatic nitrogens is 3. The molecule has 0 bridgehead atoms. The number of amides is 1. The summed E-state index contributed by atoms with van der Waals surface area (Å²) in [6, 6.07) is 10.0. The summed E-state index contributed by atoms with van der Waals surface area (Å²) in [5, 5.41) is 8.71. The van der Waals surface area contributed by atoms with Crippen LogP contribution >= 0.6 is 0 Å². The van der Waals surface area contributed by atoms with Crippen LogP contribution in [-0.4, -0.2) is 47.4 Å². The highest BCUT2D eigenvalue weighted by atomic mass is 32.2. The molecule has 33 heavy (non-hydrogen) atoms. The predicted octanol–water partition coefficient (Wildman–Crippen LogP) is 1.80. The Bertz CT molecular complexity index is 1270. The number of sulfonamides is 1. The van der Waals surface area contributed by atoms with Gasteiger partial charge in [0.15, 0.2) is 0 Å². The van der Waals surface area contributed by atoms with Crippen molar-refractivity contribution in [3.63, 3.8) is 0 Å². The Labute approximate surface area is 191 Å². The van der Waals surface area contributed by atoms with Gasteiger partial charge in [0.25, 0.3) is 5.91 Å². The number of rotatable bonds is 7. The number of nitrogens with zero attached hydrogens (tertiary/aromatic N) is 4. The van der Waals surface area contributed by atoms with Crippen LogP contribution in [0.1, 0.15) is 40.3 Å². The number of nitrogen functional groups attached to an aromatic ring is 1. The van der Waals surface area contributed by atoms with E-state index >= 15 is 0 Å². The number of carbonyl (C=O) groups excluding carboxylic acids is 1. The number of nitrogens with two attached hydrogens (primary N) is 2. The molecule has 0 saturated carbocycles. The van der Waals surface area contributed by atoms with Gasteiger partial charge in [0.2, 0.25) is 21.7 Å². The lowest BCUT2D eigenvalue weighted by Gasteiger charge is -2.25. The second-order valence-electron chi connectivity index (χ2n) is 7.75. The van der Waals surface area contributed by atoms with E-state index in [1.807, 2.05) is 12.1 Å². The molecule has 0 fully saturated rings. The number of anilines is 1. The maximum Gasteiger partial charge on any atom is 0.292 e. The van der Waals surface area contributed by atoms with E-state index in [4.69, 9.17) is 15.4 Å². The van der Waals surface area contributed by atoms with Gasteiger partial charge in [-0.2, -0.15) is 0 Å². The summed E-state index contributed by atoms with van der Waals surface area (Å²) in [5.74, 6) is 0.239. The van der Waals surface area contributed by atoms with E-state index in [-0.39, 0.29) is 22.5 Å². The lowest BCUT2D eigenvalue weighted by molar-refractivity contribution is 0.0731. The van der Waals surface area contributed by atoms with Gasteiger partial charge in [0.05, 0.1) is 16.8 Å². The van der Waals surface area contributed by atoms with Gasteiger partial charge in [-0.3, -0.25) is 4.79 Å². The lowest BCUT2D eigenvalue weighted by Crippen LogP contribution is -2.34. The molecule has 172 valence electrons. The van der Waals surface area contributed by atoms with E-state index in [2.05, 4.69) is 15.1 Å². The van der Waals surface area contributed by atoms with E-state index in [1.54, 1.807) is 23.1 Å². The Balaban J connectivity index is 1.37. The van der Waals surface area contributed by atoms with Crippen molar-refractivity contribution < 1.29 is 17.7 Å². The van der Waals surface area contributed by atoms with Gasteiger partial charge in [0, 0.05) is 24.8 Å². The smallest absolute Gasteiger partial charge is 0.292 e.